The smallest absolute Gasteiger partial charge is 0.381 e. The highest BCUT2D eigenvalue weighted by atomic mass is 32.1. The lowest BCUT2D eigenvalue weighted by Crippen LogP contribution is -2.44. The van der Waals surface area contributed by atoms with Crippen LogP contribution in [0.4, 0.5) is 17.6 Å². The van der Waals surface area contributed by atoms with Crippen LogP contribution in [0.25, 0.3) is 22.6 Å². The van der Waals surface area contributed by atoms with E-state index >= 15 is 0 Å². The van der Waals surface area contributed by atoms with Crippen LogP contribution in [0.15, 0.2) is 58.4 Å². The predicted molar refractivity (Wildman–Crippen MR) is 126 cm³/mol. The number of rotatable bonds is 6. The van der Waals surface area contributed by atoms with Gasteiger partial charge in [0.1, 0.15) is 10.8 Å². The number of ether oxygens (including phenoxy) is 1. The molecule has 0 unspecified atom stereocenters. The monoisotopic (exact) mass is 532 g/mol. The molecule has 5 rings (SSSR count). The summed E-state index contributed by atoms with van der Waals surface area (Å²) in [5.41, 5.74) is 1.52. The molecule has 0 atom stereocenters. The van der Waals surface area contributed by atoms with Crippen molar-refractivity contribution < 1.29 is 31.6 Å². The number of hydrogen-bond donors (Lipinski definition) is 1. The van der Waals surface area contributed by atoms with Crippen LogP contribution >= 0.6 is 11.3 Å². The molecule has 4 aromatic rings. The summed E-state index contributed by atoms with van der Waals surface area (Å²) in [5, 5.41) is 9.08. The molecule has 1 saturated heterocycles. The largest absolute Gasteiger partial charge is 0.471 e. The van der Waals surface area contributed by atoms with Gasteiger partial charge >= 0.3 is 12.1 Å². The van der Waals surface area contributed by atoms with Gasteiger partial charge in [-0.1, -0.05) is 17.3 Å². The Morgan fingerprint density at radius 3 is 2.51 bits per heavy atom. The third-order valence-electron chi connectivity index (χ3n) is 6.19. The van der Waals surface area contributed by atoms with Gasteiger partial charge in [-0.15, -0.1) is 11.3 Å². The van der Waals surface area contributed by atoms with Crippen LogP contribution in [0, 0.1) is 5.82 Å². The summed E-state index contributed by atoms with van der Waals surface area (Å²) in [4.78, 5) is 21.2. The first-order valence-electron chi connectivity index (χ1n) is 11.3. The third-order valence-corrected chi connectivity index (χ3v) is 7.28. The summed E-state index contributed by atoms with van der Waals surface area (Å²) >= 11 is 1.47. The van der Waals surface area contributed by atoms with Crippen LogP contribution in [0.1, 0.15) is 34.1 Å². The van der Waals surface area contributed by atoms with Crippen molar-refractivity contribution in [3.05, 3.63) is 76.2 Å². The summed E-state index contributed by atoms with van der Waals surface area (Å²) in [7, 11) is 0. The van der Waals surface area contributed by atoms with Crippen molar-refractivity contribution in [3.63, 3.8) is 0 Å². The van der Waals surface area contributed by atoms with Crippen LogP contribution < -0.4 is 5.32 Å². The highest BCUT2D eigenvalue weighted by molar-refractivity contribution is 7.10. The summed E-state index contributed by atoms with van der Waals surface area (Å²) in [6.07, 6.45) is -3.47. The fraction of sp³-hybridized carbons (Fsp3) is 0.280. The summed E-state index contributed by atoms with van der Waals surface area (Å²) in [6.45, 7) is 1.31. The van der Waals surface area contributed by atoms with Crippen molar-refractivity contribution >= 4 is 17.2 Å². The van der Waals surface area contributed by atoms with E-state index in [2.05, 4.69) is 20.0 Å². The topological polar surface area (TPSA) is 90.1 Å². The Morgan fingerprint density at radius 2 is 1.81 bits per heavy atom. The molecule has 1 N–H and O–H groups in total. The number of nitrogens with one attached hydrogen (secondary N) is 1. The van der Waals surface area contributed by atoms with Crippen molar-refractivity contribution in [3.8, 4) is 22.6 Å². The molecule has 0 radical (unpaired) electrons. The molecule has 1 fully saturated rings. The Balaban J connectivity index is 1.34. The van der Waals surface area contributed by atoms with Crippen molar-refractivity contribution in [2.75, 3.05) is 19.8 Å². The molecular formula is C25H20F4N4O3S. The molecule has 2 aromatic heterocycles. The maximum atomic E-state index is 13.3. The average Bonchev–Trinajstić information content (AvgIpc) is 3.60. The third kappa shape index (κ3) is 5.39. The lowest BCUT2D eigenvalue weighted by molar-refractivity contribution is -0.159. The average molecular weight is 533 g/mol. The SMILES string of the molecule is O=C(NCC1(c2nc(-c3ccc(F)cc3)cs2)CCOCC1)c1cccc(-c2noc(C(F)(F)F)n2)c1. The molecule has 3 heterocycles. The molecule has 12 heteroatoms. The maximum Gasteiger partial charge on any atom is 0.471 e. The molecule has 1 aliphatic rings. The number of amides is 1. The molecule has 7 nitrogen and oxygen atoms in total. The number of carbonyl (C=O) groups excluding carboxylic acids is 1. The van der Waals surface area contributed by atoms with E-state index in [0.29, 0.717) is 26.1 Å². The molecule has 1 amide bonds. The van der Waals surface area contributed by atoms with E-state index in [4.69, 9.17) is 9.72 Å². The highest BCUT2D eigenvalue weighted by Gasteiger charge is 2.39. The van der Waals surface area contributed by atoms with E-state index in [0.717, 1.165) is 16.3 Å². The fourth-order valence-electron chi connectivity index (χ4n) is 4.11. The van der Waals surface area contributed by atoms with Gasteiger partial charge in [0, 0.05) is 47.2 Å². The summed E-state index contributed by atoms with van der Waals surface area (Å²) < 4.78 is 61.6. The normalized spacial score (nSPS) is 15.5. The maximum absolute atomic E-state index is 13.3. The Kier molecular flexibility index (Phi) is 6.78. The minimum Gasteiger partial charge on any atom is -0.381 e. The molecule has 0 aliphatic carbocycles. The first-order chi connectivity index (χ1) is 17.7. The zero-order chi connectivity index (χ0) is 26.0. The van der Waals surface area contributed by atoms with Gasteiger partial charge in [-0.05, 0) is 49.2 Å². The molecule has 2 aromatic carbocycles. The first kappa shape index (κ1) is 25.0. The van der Waals surface area contributed by atoms with E-state index in [1.807, 2.05) is 5.38 Å². The van der Waals surface area contributed by atoms with Crippen molar-refractivity contribution in [1.82, 2.24) is 20.4 Å². The van der Waals surface area contributed by atoms with E-state index in [-0.39, 0.29) is 29.3 Å². The molecule has 0 saturated carbocycles. The standard InChI is InChI=1S/C25H20F4N4O3S/c26-18-6-4-15(5-7-18)19-13-37-23(31-19)24(8-10-35-11-9-24)14-30-21(34)17-3-1-2-16(12-17)20-32-22(36-33-20)25(27,28)29/h1-7,12-13H,8-11,14H2,(H,30,34). The second-order valence-corrected chi connectivity index (χ2v) is 9.48. The lowest BCUT2D eigenvalue weighted by Gasteiger charge is -2.35. The summed E-state index contributed by atoms with van der Waals surface area (Å²) in [6, 6.07) is 12.1. The van der Waals surface area contributed by atoms with Crippen molar-refractivity contribution in [2.45, 2.75) is 24.4 Å². The fourth-order valence-corrected chi connectivity index (χ4v) is 5.20. The van der Waals surface area contributed by atoms with Gasteiger partial charge in [0.2, 0.25) is 5.82 Å². The van der Waals surface area contributed by atoms with Gasteiger partial charge in [-0.3, -0.25) is 4.79 Å². The zero-order valence-corrected chi connectivity index (χ0v) is 20.0. The van der Waals surface area contributed by atoms with Gasteiger partial charge in [0.25, 0.3) is 5.91 Å². The van der Waals surface area contributed by atoms with Gasteiger partial charge in [-0.25, -0.2) is 9.37 Å². The van der Waals surface area contributed by atoms with Crippen molar-refractivity contribution in [1.29, 1.82) is 0 Å². The zero-order valence-electron chi connectivity index (χ0n) is 19.2. The van der Waals surface area contributed by atoms with E-state index in [1.165, 1.54) is 41.7 Å². The highest BCUT2D eigenvalue weighted by Crippen LogP contribution is 2.38. The number of thiazole rings is 1. The number of carbonyl (C=O) groups is 1. The number of hydrogen-bond acceptors (Lipinski definition) is 7. The molecule has 1 aliphatic heterocycles. The molecule has 192 valence electrons. The predicted octanol–water partition coefficient (Wildman–Crippen LogP) is 5.50. The Morgan fingerprint density at radius 1 is 1.05 bits per heavy atom. The number of aromatic nitrogens is 3. The Hall–Kier alpha value is -3.64. The number of alkyl halides is 3. The quantitative estimate of drug-likeness (QED) is 0.330. The van der Waals surface area contributed by atoms with E-state index in [1.54, 1.807) is 18.2 Å². The van der Waals surface area contributed by atoms with E-state index in [9.17, 15) is 22.4 Å². The molecule has 0 spiro atoms. The Labute approximate surface area is 212 Å². The molecule has 37 heavy (non-hydrogen) atoms. The van der Waals surface area contributed by atoms with Gasteiger partial charge in [0.05, 0.1) is 5.69 Å². The molecule has 0 bridgehead atoms. The van der Waals surface area contributed by atoms with Crippen molar-refractivity contribution in [2.24, 2.45) is 0 Å². The van der Waals surface area contributed by atoms with Crippen LogP contribution in [-0.2, 0) is 16.3 Å². The number of halogens is 4. The number of benzene rings is 2. The van der Waals surface area contributed by atoms with E-state index < -0.39 is 23.4 Å². The van der Waals surface area contributed by atoms with Crippen LogP contribution in [0.5, 0.6) is 0 Å². The van der Waals surface area contributed by atoms with Gasteiger partial charge < -0.3 is 14.6 Å². The second-order valence-electron chi connectivity index (χ2n) is 8.62. The molecular weight excluding hydrogens is 512 g/mol. The van der Waals surface area contributed by atoms with Crippen LogP contribution in [0.3, 0.4) is 0 Å². The first-order valence-corrected chi connectivity index (χ1v) is 12.2. The number of nitrogens with zero attached hydrogens (tertiary/aromatic N) is 3. The Bertz CT molecular complexity index is 1400. The minimum absolute atomic E-state index is 0.219. The second kappa shape index (κ2) is 10.0. The van der Waals surface area contributed by atoms with Crippen LogP contribution in [-0.4, -0.2) is 40.8 Å². The minimum atomic E-state index is -4.76. The van der Waals surface area contributed by atoms with Gasteiger partial charge in [0.15, 0.2) is 0 Å². The lowest BCUT2D eigenvalue weighted by atomic mass is 9.80. The van der Waals surface area contributed by atoms with Crippen LogP contribution in [0.2, 0.25) is 0 Å². The summed E-state index contributed by atoms with van der Waals surface area (Å²) in [5.74, 6) is -2.45. The van der Waals surface area contributed by atoms with Gasteiger partial charge in [-0.2, -0.15) is 18.2 Å².